The van der Waals surface area contributed by atoms with E-state index in [0.29, 0.717) is 11.5 Å². The Morgan fingerprint density at radius 1 is 1.62 bits per heavy atom. The topological polar surface area (TPSA) is 67.6 Å². The first-order chi connectivity index (χ1) is 6.29. The highest BCUT2D eigenvalue weighted by Gasteiger charge is 2.05. The maximum atomic E-state index is 8.75. The molecule has 0 amide bonds. The Balaban J connectivity index is 2.62. The smallest absolute Gasteiger partial charge is 0.164 e. The number of anilines is 1. The average Bonchev–Trinajstić information content (AvgIpc) is 2.47. The second-order valence-corrected chi connectivity index (χ2v) is 2.99. The van der Waals surface area contributed by atoms with Crippen LogP contribution in [0.25, 0.3) is 0 Å². The molecule has 0 bridgehead atoms. The molecule has 1 rings (SSSR count). The van der Waals surface area contributed by atoms with Crippen LogP contribution in [0.3, 0.4) is 0 Å². The van der Waals surface area contributed by atoms with Gasteiger partial charge in [-0.25, -0.2) is 4.98 Å². The van der Waals surface area contributed by atoms with Crippen molar-refractivity contribution in [2.75, 3.05) is 5.73 Å². The first-order valence-electron chi connectivity index (χ1n) is 4.50. The second kappa shape index (κ2) is 4.51. The summed E-state index contributed by atoms with van der Waals surface area (Å²) >= 11 is 0. The second-order valence-electron chi connectivity index (χ2n) is 2.99. The maximum absolute atomic E-state index is 8.75. The van der Waals surface area contributed by atoms with Crippen molar-refractivity contribution in [2.24, 2.45) is 0 Å². The summed E-state index contributed by atoms with van der Waals surface area (Å²) in [6.07, 6.45) is 5.04. The van der Waals surface area contributed by atoms with E-state index < -0.39 is 0 Å². The first kappa shape index (κ1) is 9.59. The van der Waals surface area contributed by atoms with Crippen LogP contribution < -0.4 is 5.73 Å². The van der Waals surface area contributed by atoms with Gasteiger partial charge in [0.05, 0.1) is 6.33 Å². The Hall–Kier alpha value is -1.50. The van der Waals surface area contributed by atoms with Crippen molar-refractivity contribution in [3.8, 4) is 6.07 Å². The molecule has 0 saturated carbocycles. The van der Waals surface area contributed by atoms with Crippen molar-refractivity contribution in [2.45, 2.75) is 32.7 Å². The van der Waals surface area contributed by atoms with Crippen molar-refractivity contribution in [1.82, 2.24) is 9.55 Å². The molecule has 4 nitrogen and oxygen atoms in total. The molecule has 0 aromatic carbocycles. The van der Waals surface area contributed by atoms with Crippen molar-refractivity contribution in [3.05, 3.63) is 12.0 Å². The van der Waals surface area contributed by atoms with Crippen molar-refractivity contribution < 1.29 is 0 Å². The highest BCUT2D eigenvalue weighted by Crippen LogP contribution is 2.09. The zero-order chi connectivity index (χ0) is 9.68. The van der Waals surface area contributed by atoms with Gasteiger partial charge in [0.15, 0.2) is 11.5 Å². The number of hydrogen-bond acceptors (Lipinski definition) is 3. The van der Waals surface area contributed by atoms with Crippen molar-refractivity contribution >= 4 is 5.82 Å². The summed E-state index contributed by atoms with van der Waals surface area (Å²) in [4.78, 5) is 3.88. The van der Waals surface area contributed by atoms with Gasteiger partial charge in [0, 0.05) is 6.54 Å². The van der Waals surface area contributed by atoms with E-state index in [1.54, 1.807) is 6.33 Å². The van der Waals surface area contributed by atoms with Crippen LogP contribution in [0, 0.1) is 11.3 Å². The SMILES string of the molecule is CCCCCn1cnc(N)c1C#N. The van der Waals surface area contributed by atoms with Crippen molar-refractivity contribution in [3.63, 3.8) is 0 Å². The maximum Gasteiger partial charge on any atom is 0.164 e. The minimum Gasteiger partial charge on any atom is -0.381 e. The van der Waals surface area contributed by atoms with Gasteiger partial charge in [-0.15, -0.1) is 0 Å². The number of aromatic nitrogens is 2. The first-order valence-corrected chi connectivity index (χ1v) is 4.50. The molecule has 0 unspecified atom stereocenters. The van der Waals surface area contributed by atoms with Gasteiger partial charge in [-0.1, -0.05) is 19.8 Å². The van der Waals surface area contributed by atoms with E-state index in [0.717, 1.165) is 13.0 Å². The summed E-state index contributed by atoms with van der Waals surface area (Å²) in [5.41, 5.74) is 5.98. The molecular formula is C9H14N4. The number of nitriles is 1. The van der Waals surface area contributed by atoms with Crippen LogP contribution in [0.4, 0.5) is 5.82 Å². The van der Waals surface area contributed by atoms with Crippen LogP contribution in [-0.2, 0) is 6.54 Å². The van der Waals surface area contributed by atoms with Gasteiger partial charge in [-0.2, -0.15) is 5.26 Å². The van der Waals surface area contributed by atoms with Gasteiger partial charge in [0.2, 0.25) is 0 Å². The minimum absolute atomic E-state index is 0.332. The zero-order valence-electron chi connectivity index (χ0n) is 7.82. The van der Waals surface area contributed by atoms with E-state index in [-0.39, 0.29) is 0 Å². The molecule has 0 aliphatic carbocycles. The molecule has 0 aliphatic rings. The van der Waals surface area contributed by atoms with Crippen LogP contribution in [0.2, 0.25) is 0 Å². The fourth-order valence-corrected chi connectivity index (χ4v) is 1.22. The fourth-order valence-electron chi connectivity index (χ4n) is 1.22. The Morgan fingerprint density at radius 2 is 2.38 bits per heavy atom. The van der Waals surface area contributed by atoms with E-state index >= 15 is 0 Å². The van der Waals surface area contributed by atoms with Crippen LogP contribution in [0.15, 0.2) is 6.33 Å². The molecule has 13 heavy (non-hydrogen) atoms. The number of hydrogen-bond donors (Lipinski definition) is 1. The van der Waals surface area contributed by atoms with Gasteiger partial charge in [0.25, 0.3) is 0 Å². The third-order valence-electron chi connectivity index (χ3n) is 1.97. The summed E-state index contributed by atoms with van der Waals surface area (Å²) in [6.45, 7) is 2.98. The molecule has 70 valence electrons. The molecule has 0 fully saturated rings. The predicted molar refractivity (Wildman–Crippen MR) is 50.9 cm³/mol. The molecule has 0 spiro atoms. The summed E-state index contributed by atoms with van der Waals surface area (Å²) in [6, 6.07) is 2.05. The minimum atomic E-state index is 0.332. The highest BCUT2D eigenvalue weighted by atomic mass is 15.1. The molecule has 0 saturated heterocycles. The molecule has 2 N–H and O–H groups in total. The molecule has 1 aromatic heterocycles. The van der Waals surface area contributed by atoms with Gasteiger partial charge in [-0.05, 0) is 6.42 Å². The monoisotopic (exact) mass is 178 g/mol. The quantitative estimate of drug-likeness (QED) is 0.711. The third-order valence-corrected chi connectivity index (χ3v) is 1.97. The summed E-state index contributed by atoms with van der Waals surface area (Å²) in [7, 11) is 0. The molecule has 4 heteroatoms. The van der Waals surface area contributed by atoms with Crippen LogP contribution >= 0.6 is 0 Å². The molecule has 0 atom stereocenters. The number of nitrogen functional groups attached to an aromatic ring is 1. The number of imidazole rings is 1. The number of rotatable bonds is 4. The lowest BCUT2D eigenvalue weighted by atomic mass is 10.2. The zero-order valence-corrected chi connectivity index (χ0v) is 7.82. The number of nitrogens with zero attached hydrogens (tertiary/aromatic N) is 3. The van der Waals surface area contributed by atoms with E-state index in [1.165, 1.54) is 12.8 Å². The van der Waals surface area contributed by atoms with Gasteiger partial charge >= 0.3 is 0 Å². The van der Waals surface area contributed by atoms with E-state index in [2.05, 4.69) is 11.9 Å². The lowest BCUT2D eigenvalue weighted by Gasteiger charge is -2.01. The molecule has 1 aromatic rings. The largest absolute Gasteiger partial charge is 0.381 e. The standard InChI is InChI=1S/C9H14N4/c1-2-3-4-5-13-7-12-9(11)8(13)6-10/h7H,2-5,11H2,1H3. The Morgan fingerprint density at radius 3 is 3.00 bits per heavy atom. The van der Waals surface area contributed by atoms with E-state index in [9.17, 15) is 0 Å². The fraction of sp³-hybridized carbons (Fsp3) is 0.556. The molecule has 0 aliphatic heterocycles. The highest BCUT2D eigenvalue weighted by molar-refractivity contribution is 5.43. The lowest BCUT2D eigenvalue weighted by Crippen LogP contribution is -2.00. The van der Waals surface area contributed by atoms with E-state index in [1.807, 2.05) is 10.6 Å². The Kier molecular flexibility index (Phi) is 3.32. The van der Waals surface area contributed by atoms with Crippen LogP contribution in [0.5, 0.6) is 0 Å². The summed E-state index contributed by atoms with van der Waals surface area (Å²) in [5, 5.41) is 8.75. The Bertz CT molecular complexity index is 308. The predicted octanol–water partition coefficient (Wildman–Crippen LogP) is 1.53. The molecule has 1 heterocycles. The third kappa shape index (κ3) is 2.22. The van der Waals surface area contributed by atoms with Gasteiger partial charge in [0.1, 0.15) is 6.07 Å². The van der Waals surface area contributed by atoms with Crippen LogP contribution in [0.1, 0.15) is 31.9 Å². The van der Waals surface area contributed by atoms with Crippen LogP contribution in [-0.4, -0.2) is 9.55 Å². The average molecular weight is 178 g/mol. The summed E-state index contributed by atoms with van der Waals surface area (Å²) < 4.78 is 1.81. The van der Waals surface area contributed by atoms with E-state index in [4.69, 9.17) is 11.0 Å². The summed E-state index contributed by atoms with van der Waals surface area (Å²) in [5.74, 6) is 0.332. The normalized spacial score (nSPS) is 9.85. The molecule has 0 radical (unpaired) electrons. The van der Waals surface area contributed by atoms with Gasteiger partial charge in [-0.3, -0.25) is 0 Å². The number of unbranched alkanes of at least 4 members (excludes halogenated alkanes) is 2. The van der Waals surface area contributed by atoms with Gasteiger partial charge < -0.3 is 10.3 Å². The molecular weight excluding hydrogens is 164 g/mol. The van der Waals surface area contributed by atoms with Crippen molar-refractivity contribution in [1.29, 1.82) is 5.26 Å². The lowest BCUT2D eigenvalue weighted by molar-refractivity contribution is 0.598. The number of aryl methyl sites for hydroxylation is 1. The number of nitrogens with two attached hydrogens (primary N) is 1. The Labute approximate surface area is 78.0 Å².